The molecule has 1 amide bonds. The fourth-order valence-corrected chi connectivity index (χ4v) is 7.46. The largest absolute Gasteiger partial charge is 0.493 e. The van der Waals surface area contributed by atoms with Gasteiger partial charge >= 0.3 is 11.9 Å². The number of methoxy groups -OCH3 is 2. The molecule has 5 rings (SSSR count). The number of carbonyl (C=O) groups excluding carboxylic acids is 4. The molecule has 0 radical (unpaired) electrons. The Morgan fingerprint density at radius 1 is 0.833 bits per heavy atom. The number of nitrogens with zero attached hydrogens (tertiary/aromatic N) is 1. The summed E-state index contributed by atoms with van der Waals surface area (Å²) in [6, 6.07) is 4.79. The molecule has 0 saturated heterocycles. The van der Waals surface area contributed by atoms with Crippen LogP contribution in [-0.4, -0.2) is 73.7 Å². The van der Waals surface area contributed by atoms with Crippen LogP contribution in [0.5, 0.6) is 23.0 Å². The number of rotatable bonds is 16. The van der Waals surface area contributed by atoms with Gasteiger partial charge in [-0.05, 0) is 64.2 Å². The maximum atomic E-state index is 15.7. The van der Waals surface area contributed by atoms with Gasteiger partial charge in [-0.1, -0.05) is 0 Å². The number of Topliss-reactive ketones (excluding diaryl/α,β-unsaturated/α-hetero) is 1. The van der Waals surface area contributed by atoms with Crippen LogP contribution in [0, 0.1) is 11.6 Å². The number of hydrogen-bond acceptors (Lipinski definition) is 12. The number of amides is 1. The summed E-state index contributed by atoms with van der Waals surface area (Å²) in [5.74, 6) is -2.86. The second kappa shape index (κ2) is 17.8. The summed E-state index contributed by atoms with van der Waals surface area (Å²) < 4.78 is 65.0. The van der Waals surface area contributed by atoms with Crippen molar-refractivity contribution in [1.29, 1.82) is 0 Å². The van der Waals surface area contributed by atoms with Crippen LogP contribution >= 0.6 is 11.3 Å². The van der Waals surface area contributed by atoms with Gasteiger partial charge in [0.2, 0.25) is 5.91 Å². The van der Waals surface area contributed by atoms with Gasteiger partial charge in [-0.15, -0.1) is 11.3 Å². The lowest BCUT2D eigenvalue weighted by molar-refractivity contribution is -0.156. The molecule has 0 spiro atoms. The molecule has 2 aliphatic rings. The molecule has 1 aromatic heterocycles. The summed E-state index contributed by atoms with van der Waals surface area (Å²) in [6.45, 7) is 5.39. The van der Waals surface area contributed by atoms with E-state index in [-0.39, 0.29) is 111 Å². The molecule has 1 aliphatic carbocycles. The van der Waals surface area contributed by atoms with Gasteiger partial charge < -0.3 is 39.1 Å². The van der Waals surface area contributed by atoms with Crippen molar-refractivity contribution in [3.63, 3.8) is 0 Å². The zero-order chi connectivity index (χ0) is 39.2. The molecule has 0 unspecified atom stereocenters. The number of fused-ring (bicyclic) bond motifs is 2. The van der Waals surface area contributed by atoms with Crippen LogP contribution in [0.15, 0.2) is 18.2 Å². The molecule has 12 nitrogen and oxygen atoms in total. The van der Waals surface area contributed by atoms with Crippen LogP contribution in [0.1, 0.15) is 99.4 Å². The van der Waals surface area contributed by atoms with Gasteiger partial charge in [0.15, 0.2) is 40.4 Å². The molecule has 1 aliphatic heterocycles. The van der Waals surface area contributed by atoms with Crippen molar-refractivity contribution in [3.8, 4) is 23.0 Å². The standard InChI is InChI=1S/C39H48F2N2O10S/c1-39(2,3)53-34(47)14-12-32(45)43-20-22-17-28(48-4)37(36(41)26(22)21-43)50-15-6-16-51-38-29(49-5)19-30-25(35(38)40)18-31(54-30)27(44)11-13-33(46)52-24-9-7-23(42)8-10-24/h17-19,23-24H,6-16,20-21,42H2,1-5H3. The average molecular weight is 775 g/mol. The van der Waals surface area contributed by atoms with Crippen LogP contribution in [0.25, 0.3) is 10.1 Å². The highest BCUT2D eigenvalue weighted by atomic mass is 32.1. The first kappa shape index (κ1) is 40.7. The van der Waals surface area contributed by atoms with E-state index in [1.807, 2.05) is 0 Å². The molecule has 2 aromatic carbocycles. The monoisotopic (exact) mass is 774 g/mol. The highest BCUT2D eigenvalue weighted by Crippen LogP contribution is 2.41. The Balaban J connectivity index is 1.14. The van der Waals surface area contributed by atoms with Crippen LogP contribution < -0.4 is 24.7 Å². The lowest BCUT2D eigenvalue weighted by atomic mass is 9.94. The number of halogens is 2. The van der Waals surface area contributed by atoms with Crippen molar-refractivity contribution >= 4 is 45.1 Å². The van der Waals surface area contributed by atoms with Gasteiger partial charge in [-0.3, -0.25) is 19.2 Å². The number of ketones is 1. The van der Waals surface area contributed by atoms with E-state index in [0.717, 1.165) is 24.2 Å². The van der Waals surface area contributed by atoms with Gasteiger partial charge in [-0.25, -0.2) is 8.78 Å². The number of hydrogen-bond donors (Lipinski definition) is 1. The van der Waals surface area contributed by atoms with E-state index in [2.05, 4.69) is 0 Å². The maximum absolute atomic E-state index is 15.7. The summed E-state index contributed by atoms with van der Waals surface area (Å²) in [7, 11) is 2.76. The third kappa shape index (κ3) is 10.2. The first-order valence-electron chi connectivity index (χ1n) is 18.1. The maximum Gasteiger partial charge on any atom is 0.306 e. The normalized spacial score (nSPS) is 16.9. The van der Waals surface area contributed by atoms with Gasteiger partial charge in [0.05, 0.1) is 45.2 Å². The smallest absolute Gasteiger partial charge is 0.306 e. The lowest BCUT2D eigenvalue weighted by Crippen LogP contribution is -2.31. The molecule has 3 aromatic rings. The van der Waals surface area contributed by atoms with Crippen molar-refractivity contribution in [3.05, 3.63) is 45.8 Å². The van der Waals surface area contributed by atoms with Crippen molar-refractivity contribution in [1.82, 2.24) is 4.90 Å². The Labute approximate surface area is 317 Å². The van der Waals surface area contributed by atoms with E-state index in [0.29, 0.717) is 33.5 Å². The lowest BCUT2D eigenvalue weighted by Gasteiger charge is -2.25. The highest BCUT2D eigenvalue weighted by molar-refractivity contribution is 7.20. The number of thiophene rings is 1. The molecule has 0 bridgehead atoms. The molecular formula is C39H48F2N2O10S. The summed E-state index contributed by atoms with van der Waals surface area (Å²) >= 11 is 1.10. The van der Waals surface area contributed by atoms with Crippen molar-refractivity contribution < 1.29 is 56.4 Å². The minimum Gasteiger partial charge on any atom is -0.493 e. The van der Waals surface area contributed by atoms with Gasteiger partial charge in [0.25, 0.3) is 0 Å². The number of carbonyl (C=O) groups is 4. The van der Waals surface area contributed by atoms with Crippen molar-refractivity contribution in [2.45, 2.75) is 109 Å². The number of ether oxygens (including phenoxy) is 6. The van der Waals surface area contributed by atoms with E-state index < -0.39 is 29.2 Å². The molecule has 54 heavy (non-hydrogen) atoms. The number of nitrogens with two attached hydrogens (primary N) is 1. The summed E-state index contributed by atoms with van der Waals surface area (Å²) in [6.07, 6.45) is 2.77. The van der Waals surface area contributed by atoms with E-state index in [1.54, 1.807) is 32.9 Å². The van der Waals surface area contributed by atoms with Crippen LogP contribution in [-0.2, 0) is 36.9 Å². The summed E-state index contributed by atoms with van der Waals surface area (Å²) in [5, 5.41) is 0.179. The third-order valence-corrected chi connectivity index (χ3v) is 10.3. The van der Waals surface area contributed by atoms with E-state index in [1.165, 1.54) is 25.2 Å². The molecule has 2 heterocycles. The number of benzene rings is 2. The molecule has 15 heteroatoms. The van der Waals surface area contributed by atoms with Crippen molar-refractivity contribution in [2.24, 2.45) is 5.73 Å². The topological polar surface area (TPSA) is 153 Å². The Bertz CT molecular complexity index is 1870. The third-order valence-electron chi connectivity index (χ3n) is 9.16. The zero-order valence-electron chi connectivity index (χ0n) is 31.4. The van der Waals surface area contributed by atoms with E-state index in [9.17, 15) is 19.2 Å². The van der Waals surface area contributed by atoms with Crippen LogP contribution in [0.3, 0.4) is 0 Å². The molecule has 1 fully saturated rings. The molecule has 2 N–H and O–H groups in total. The van der Waals surface area contributed by atoms with Crippen molar-refractivity contribution in [2.75, 3.05) is 27.4 Å². The van der Waals surface area contributed by atoms with E-state index in [4.69, 9.17) is 34.2 Å². The highest BCUT2D eigenvalue weighted by Gasteiger charge is 2.31. The van der Waals surface area contributed by atoms with Gasteiger partial charge in [0.1, 0.15) is 11.7 Å². The molecular weight excluding hydrogens is 726 g/mol. The second-order valence-electron chi connectivity index (χ2n) is 14.4. The second-order valence-corrected chi connectivity index (χ2v) is 15.5. The minimum absolute atomic E-state index is 0.00933. The first-order chi connectivity index (χ1) is 25.7. The van der Waals surface area contributed by atoms with E-state index >= 15 is 8.78 Å². The zero-order valence-corrected chi connectivity index (χ0v) is 32.2. The fourth-order valence-electron chi connectivity index (χ4n) is 6.40. The molecule has 294 valence electrons. The summed E-state index contributed by atoms with van der Waals surface area (Å²) in [4.78, 5) is 52.0. The Kier molecular flexibility index (Phi) is 13.4. The van der Waals surface area contributed by atoms with Gasteiger partial charge in [0, 0.05) is 60.1 Å². The molecule has 1 saturated carbocycles. The SMILES string of the molecule is COc1cc2c(c(F)c1OCCCOc1c(OC)cc3sc(C(=O)CCC(=O)OC4CCC(N)CC4)cc3c1F)CN(C(=O)CCC(=O)OC(C)(C)C)C2. The van der Waals surface area contributed by atoms with Gasteiger partial charge in [-0.2, -0.15) is 0 Å². The number of esters is 2. The predicted molar refractivity (Wildman–Crippen MR) is 196 cm³/mol. The fraction of sp³-hybridized carbons (Fsp3) is 0.538. The molecule has 0 atom stereocenters. The Morgan fingerprint density at radius 3 is 2.11 bits per heavy atom. The van der Waals surface area contributed by atoms with Crippen LogP contribution in [0.2, 0.25) is 0 Å². The minimum atomic E-state index is -0.702. The summed E-state index contributed by atoms with van der Waals surface area (Å²) in [5.41, 5.74) is 6.12. The Hall–Kier alpha value is -4.50. The van der Waals surface area contributed by atoms with Crippen LogP contribution in [0.4, 0.5) is 8.78 Å². The average Bonchev–Trinajstić information content (AvgIpc) is 3.76. The Morgan fingerprint density at radius 2 is 1.46 bits per heavy atom. The quantitative estimate of drug-likeness (QED) is 0.0931. The predicted octanol–water partition coefficient (Wildman–Crippen LogP) is 6.78. The first-order valence-corrected chi connectivity index (χ1v) is 18.9.